The minimum absolute atomic E-state index is 0.0217. The van der Waals surface area contributed by atoms with Crippen LogP contribution in [0.2, 0.25) is 0 Å². The van der Waals surface area contributed by atoms with Gasteiger partial charge in [-0.1, -0.05) is 0 Å². The van der Waals surface area contributed by atoms with E-state index in [1.807, 2.05) is 0 Å². The Labute approximate surface area is 111 Å². The number of rotatable bonds is 1. The van der Waals surface area contributed by atoms with Gasteiger partial charge in [0.25, 0.3) is 0 Å². The van der Waals surface area contributed by atoms with E-state index in [1.165, 1.54) is 0 Å². The number of esters is 1. The average Bonchev–Trinajstić information content (AvgIpc) is 2.61. The molecule has 6 atom stereocenters. The number of carboxylic acid groups (broad SMARTS) is 1. The van der Waals surface area contributed by atoms with E-state index < -0.39 is 11.9 Å². The Morgan fingerprint density at radius 1 is 1.37 bits per heavy atom. The Kier molecular flexibility index (Phi) is 2.87. The van der Waals surface area contributed by atoms with Gasteiger partial charge in [0, 0.05) is 18.8 Å². The van der Waals surface area contributed by atoms with Crippen molar-refractivity contribution in [1.82, 2.24) is 0 Å². The van der Waals surface area contributed by atoms with E-state index in [4.69, 9.17) is 4.74 Å². The molecular weight excluding hydrogens is 248 g/mol. The summed E-state index contributed by atoms with van der Waals surface area (Å²) in [6.07, 6.45) is 1.85. The smallest absolute Gasteiger partial charge is 0.309 e. The molecule has 0 bridgehead atoms. The number of hydrogen-bond donors (Lipinski definition) is 1. The molecule has 3 fully saturated rings. The number of cyclic esters (lactones) is 1. The summed E-state index contributed by atoms with van der Waals surface area (Å²) < 4.78 is 5.23. The SMILES string of the molecule is CC1OC(=O)C2CC3CC(=O)CCC3C(C(=O)O)C12. The predicted molar refractivity (Wildman–Crippen MR) is 64.1 cm³/mol. The number of carbonyl (C=O) groups excluding carboxylic acids is 2. The summed E-state index contributed by atoms with van der Waals surface area (Å²) in [5, 5.41) is 9.54. The monoisotopic (exact) mass is 266 g/mol. The van der Waals surface area contributed by atoms with Crippen LogP contribution in [-0.4, -0.2) is 28.9 Å². The highest BCUT2D eigenvalue weighted by Crippen LogP contribution is 2.52. The second-order valence-corrected chi connectivity index (χ2v) is 6.13. The Balaban J connectivity index is 1.95. The summed E-state index contributed by atoms with van der Waals surface area (Å²) in [5.41, 5.74) is 0. The molecule has 19 heavy (non-hydrogen) atoms. The van der Waals surface area contributed by atoms with Gasteiger partial charge in [-0.25, -0.2) is 0 Å². The molecule has 1 heterocycles. The molecule has 1 aliphatic heterocycles. The van der Waals surface area contributed by atoms with Crippen LogP contribution in [0.25, 0.3) is 0 Å². The number of fused-ring (bicyclic) bond motifs is 2. The molecule has 104 valence electrons. The normalized spacial score (nSPS) is 45.3. The molecule has 1 saturated heterocycles. The maximum Gasteiger partial charge on any atom is 0.309 e. The second-order valence-electron chi connectivity index (χ2n) is 6.13. The minimum Gasteiger partial charge on any atom is -0.481 e. The molecule has 0 amide bonds. The molecule has 0 aromatic carbocycles. The van der Waals surface area contributed by atoms with Crippen LogP contribution in [-0.2, 0) is 19.1 Å². The number of aliphatic carboxylic acids is 1. The third kappa shape index (κ3) is 1.86. The Morgan fingerprint density at radius 2 is 2.11 bits per heavy atom. The molecule has 2 aliphatic carbocycles. The van der Waals surface area contributed by atoms with Gasteiger partial charge in [0.05, 0.1) is 11.8 Å². The van der Waals surface area contributed by atoms with Crippen LogP contribution in [0.5, 0.6) is 0 Å². The van der Waals surface area contributed by atoms with Crippen LogP contribution in [0.1, 0.15) is 32.6 Å². The summed E-state index contributed by atoms with van der Waals surface area (Å²) in [7, 11) is 0. The van der Waals surface area contributed by atoms with Crippen LogP contribution < -0.4 is 0 Å². The molecular formula is C14H18O5. The van der Waals surface area contributed by atoms with Crippen molar-refractivity contribution >= 4 is 17.7 Å². The lowest BCUT2D eigenvalue weighted by Crippen LogP contribution is -2.48. The summed E-state index contributed by atoms with van der Waals surface area (Å²) in [5.74, 6) is -1.96. The first-order valence-corrected chi connectivity index (χ1v) is 6.94. The van der Waals surface area contributed by atoms with Crippen molar-refractivity contribution in [3.05, 3.63) is 0 Å². The number of ketones is 1. The predicted octanol–water partition coefficient (Wildman–Crippen LogP) is 1.25. The molecule has 1 N–H and O–H groups in total. The summed E-state index contributed by atoms with van der Waals surface area (Å²) in [6, 6.07) is 0. The van der Waals surface area contributed by atoms with Crippen molar-refractivity contribution in [3.63, 3.8) is 0 Å². The topological polar surface area (TPSA) is 80.7 Å². The summed E-state index contributed by atoms with van der Waals surface area (Å²) in [4.78, 5) is 35.0. The molecule has 2 saturated carbocycles. The maximum atomic E-state index is 11.8. The second kappa shape index (κ2) is 4.32. The van der Waals surface area contributed by atoms with Crippen molar-refractivity contribution in [2.45, 2.75) is 38.7 Å². The van der Waals surface area contributed by atoms with Gasteiger partial charge in [0.1, 0.15) is 11.9 Å². The third-order valence-electron chi connectivity index (χ3n) is 5.18. The molecule has 3 rings (SSSR count). The number of ether oxygens (including phenoxy) is 1. The molecule has 0 radical (unpaired) electrons. The highest BCUT2D eigenvalue weighted by Gasteiger charge is 2.57. The largest absolute Gasteiger partial charge is 0.481 e. The molecule has 0 aromatic rings. The molecule has 5 heteroatoms. The van der Waals surface area contributed by atoms with Gasteiger partial charge >= 0.3 is 11.9 Å². The van der Waals surface area contributed by atoms with Gasteiger partial charge in [-0.3, -0.25) is 14.4 Å². The maximum absolute atomic E-state index is 11.8. The molecule has 6 unspecified atom stereocenters. The number of Topliss-reactive ketones (excluding diaryl/α,β-unsaturated/α-hetero) is 1. The van der Waals surface area contributed by atoms with Crippen molar-refractivity contribution in [1.29, 1.82) is 0 Å². The van der Waals surface area contributed by atoms with Crippen molar-refractivity contribution in [3.8, 4) is 0 Å². The van der Waals surface area contributed by atoms with E-state index in [2.05, 4.69) is 0 Å². The molecule has 3 aliphatic rings. The highest BCUT2D eigenvalue weighted by atomic mass is 16.6. The van der Waals surface area contributed by atoms with Crippen LogP contribution in [0, 0.1) is 29.6 Å². The zero-order valence-electron chi connectivity index (χ0n) is 10.9. The first kappa shape index (κ1) is 12.6. The first-order chi connectivity index (χ1) is 8.99. The lowest BCUT2D eigenvalue weighted by atomic mass is 9.57. The van der Waals surface area contributed by atoms with Crippen molar-refractivity contribution < 1.29 is 24.2 Å². The van der Waals surface area contributed by atoms with Gasteiger partial charge in [-0.2, -0.15) is 0 Å². The van der Waals surface area contributed by atoms with Gasteiger partial charge in [0.2, 0.25) is 0 Å². The zero-order chi connectivity index (χ0) is 13.7. The summed E-state index contributed by atoms with van der Waals surface area (Å²) in [6.45, 7) is 1.78. The van der Waals surface area contributed by atoms with Crippen LogP contribution in [0.3, 0.4) is 0 Å². The minimum atomic E-state index is -0.843. The van der Waals surface area contributed by atoms with Gasteiger partial charge in [-0.05, 0) is 31.6 Å². The van der Waals surface area contributed by atoms with E-state index in [0.717, 1.165) is 0 Å². The van der Waals surface area contributed by atoms with Crippen LogP contribution in [0.15, 0.2) is 0 Å². The van der Waals surface area contributed by atoms with Crippen molar-refractivity contribution in [2.24, 2.45) is 29.6 Å². The lowest BCUT2D eigenvalue weighted by Gasteiger charge is -2.44. The van der Waals surface area contributed by atoms with Crippen LogP contribution in [0.4, 0.5) is 0 Å². The average molecular weight is 266 g/mol. The van der Waals surface area contributed by atoms with E-state index in [1.54, 1.807) is 6.92 Å². The van der Waals surface area contributed by atoms with E-state index in [-0.39, 0.29) is 41.5 Å². The Bertz CT molecular complexity index is 443. The zero-order valence-corrected chi connectivity index (χ0v) is 10.9. The fraction of sp³-hybridized carbons (Fsp3) is 0.786. The number of carboxylic acids is 1. The molecule has 0 spiro atoms. The Morgan fingerprint density at radius 3 is 2.79 bits per heavy atom. The Hall–Kier alpha value is -1.39. The highest BCUT2D eigenvalue weighted by molar-refractivity contribution is 5.82. The van der Waals surface area contributed by atoms with Gasteiger partial charge in [-0.15, -0.1) is 0 Å². The lowest BCUT2D eigenvalue weighted by molar-refractivity contribution is -0.154. The van der Waals surface area contributed by atoms with E-state index in [9.17, 15) is 19.5 Å². The van der Waals surface area contributed by atoms with E-state index in [0.29, 0.717) is 25.7 Å². The summed E-state index contributed by atoms with van der Waals surface area (Å²) >= 11 is 0. The van der Waals surface area contributed by atoms with Gasteiger partial charge < -0.3 is 9.84 Å². The first-order valence-electron chi connectivity index (χ1n) is 6.94. The fourth-order valence-electron chi connectivity index (χ4n) is 4.43. The third-order valence-corrected chi connectivity index (χ3v) is 5.18. The number of carbonyl (C=O) groups is 3. The molecule has 5 nitrogen and oxygen atoms in total. The van der Waals surface area contributed by atoms with Crippen molar-refractivity contribution in [2.75, 3.05) is 0 Å². The van der Waals surface area contributed by atoms with Gasteiger partial charge in [0.15, 0.2) is 0 Å². The van der Waals surface area contributed by atoms with E-state index >= 15 is 0 Å². The number of hydrogen-bond acceptors (Lipinski definition) is 4. The molecule has 0 aromatic heterocycles. The standard InChI is InChI=1S/C14H18O5/c1-6-11-10(14(18)19-6)5-7-4-8(15)2-3-9(7)12(11)13(16)17/h6-7,9-12H,2-5H2,1H3,(H,16,17). The van der Waals surface area contributed by atoms with Crippen LogP contribution >= 0.6 is 0 Å². The fourth-order valence-corrected chi connectivity index (χ4v) is 4.43. The quantitative estimate of drug-likeness (QED) is 0.722.